The molecule has 2 atom stereocenters. The standard InChI is InChI=1S/C14H28N4/c1-10(2)8-18-14(16-9-17-18)7-13(11(3)4)12(5)15-6/h9-13,15H,7-8H2,1-6H3. The van der Waals surface area contributed by atoms with Crippen molar-refractivity contribution in [1.82, 2.24) is 20.1 Å². The van der Waals surface area contributed by atoms with E-state index in [0.29, 0.717) is 23.8 Å². The van der Waals surface area contributed by atoms with Crippen LogP contribution < -0.4 is 5.32 Å². The van der Waals surface area contributed by atoms with Gasteiger partial charge in [0.15, 0.2) is 0 Å². The summed E-state index contributed by atoms with van der Waals surface area (Å²) in [6, 6.07) is 0.495. The van der Waals surface area contributed by atoms with Crippen LogP contribution in [0.5, 0.6) is 0 Å². The number of aromatic nitrogens is 3. The molecule has 1 N–H and O–H groups in total. The van der Waals surface area contributed by atoms with E-state index in [4.69, 9.17) is 0 Å². The lowest BCUT2D eigenvalue weighted by atomic mass is 9.86. The summed E-state index contributed by atoms with van der Waals surface area (Å²) in [7, 11) is 2.03. The van der Waals surface area contributed by atoms with Crippen LogP contribution in [0.2, 0.25) is 0 Å². The van der Waals surface area contributed by atoms with Gasteiger partial charge in [0.1, 0.15) is 12.2 Å². The van der Waals surface area contributed by atoms with Crippen LogP contribution in [0, 0.1) is 17.8 Å². The molecular weight excluding hydrogens is 224 g/mol. The molecule has 1 aromatic rings. The molecular formula is C14H28N4. The second-order valence-electron chi connectivity index (χ2n) is 5.94. The van der Waals surface area contributed by atoms with Crippen LogP contribution in [0.25, 0.3) is 0 Å². The lowest BCUT2D eigenvalue weighted by molar-refractivity contribution is 0.289. The molecule has 2 unspecified atom stereocenters. The minimum Gasteiger partial charge on any atom is -0.317 e. The van der Waals surface area contributed by atoms with Gasteiger partial charge in [-0.15, -0.1) is 0 Å². The van der Waals surface area contributed by atoms with Gasteiger partial charge in [-0.3, -0.25) is 0 Å². The van der Waals surface area contributed by atoms with Gasteiger partial charge >= 0.3 is 0 Å². The molecule has 0 amide bonds. The van der Waals surface area contributed by atoms with E-state index in [1.54, 1.807) is 6.33 Å². The predicted molar refractivity (Wildman–Crippen MR) is 75.4 cm³/mol. The van der Waals surface area contributed by atoms with Gasteiger partial charge in [0, 0.05) is 19.0 Å². The third-order valence-electron chi connectivity index (χ3n) is 3.61. The number of nitrogens with one attached hydrogen (secondary N) is 1. The molecule has 0 saturated carbocycles. The molecule has 4 nitrogen and oxygen atoms in total. The Hall–Kier alpha value is -0.900. The third kappa shape index (κ3) is 4.09. The summed E-state index contributed by atoms with van der Waals surface area (Å²) in [5.74, 6) is 2.94. The molecule has 1 heterocycles. The first-order valence-electron chi connectivity index (χ1n) is 6.99. The smallest absolute Gasteiger partial charge is 0.138 e. The maximum absolute atomic E-state index is 4.43. The van der Waals surface area contributed by atoms with Gasteiger partial charge < -0.3 is 5.32 Å². The average Bonchev–Trinajstić information content (AvgIpc) is 2.71. The van der Waals surface area contributed by atoms with Gasteiger partial charge in [0.2, 0.25) is 0 Å². The number of hydrogen-bond donors (Lipinski definition) is 1. The average molecular weight is 252 g/mol. The van der Waals surface area contributed by atoms with Crippen LogP contribution in [-0.4, -0.2) is 27.9 Å². The Labute approximate surface area is 111 Å². The monoisotopic (exact) mass is 252 g/mol. The molecule has 1 rings (SSSR count). The Bertz CT molecular complexity index is 343. The Morgan fingerprint density at radius 1 is 1.22 bits per heavy atom. The van der Waals surface area contributed by atoms with Gasteiger partial charge in [-0.25, -0.2) is 9.67 Å². The predicted octanol–water partition coefficient (Wildman–Crippen LogP) is 2.36. The van der Waals surface area contributed by atoms with Crippen molar-refractivity contribution in [1.29, 1.82) is 0 Å². The first-order chi connectivity index (χ1) is 8.45. The first-order valence-corrected chi connectivity index (χ1v) is 6.99. The van der Waals surface area contributed by atoms with Crippen molar-refractivity contribution in [2.45, 2.75) is 53.6 Å². The zero-order chi connectivity index (χ0) is 13.7. The maximum Gasteiger partial charge on any atom is 0.138 e. The summed E-state index contributed by atoms with van der Waals surface area (Å²) in [6.07, 6.45) is 2.67. The Kier molecular flexibility index (Phi) is 5.79. The highest BCUT2D eigenvalue weighted by Gasteiger charge is 2.22. The second kappa shape index (κ2) is 6.88. The van der Waals surface area contributed by atoms with E-state index in [0.717, 1.165) is 18.8 Å². The van der Waals surface area contributed by atoms with E-state index in [2.05, 4.69) is 54.7 Å². The third-order valence-corrected chi connectivity index (χ3v) is 3.61. The highest BCUT2D eigenvalue weighted by atomic mass is 15.3. The number of hydrogen-bond acceptors (Lipinski definition) is 3. The molecule has 104 valence electrons. The Balaban J connectivity index is 2.78. The van der Waals surface area contributed by atoms with Gasteiger partial charge in [0.25, 0.3) is 0 Å². The van der Waals surface area contributed by atoms with E-state index in [-0.39, 0.29) is 0 Å². The van der Waals surface area contributed by atoms with Crippen molar-refractivity contribution < 1.29 is 0 Å². The summed E-state index contributed by atoms with van der Waals surface area (Å²) < 4.78 is 2.06. The van der Waals surface area contributed by atoms with Crippen molar-refractivity contribution in [2.24, 2.45) is 17.8 Å². The molecule has 1 aromatic heterocycles. The number of rotatable bonds is 7. The lowest BCUT2D eigenvalue weighted by Crippen LogP contribution is -2.35. The molecule has 0 fully saturated rings. The van der Waals surface area contributed by atoms with Crippen LogP contribution in [0.4, 0.5) is 0 Å². The van der Waals surface area contributed by atoms with Crippen LogP contribution in [0.1, 0.15) is 40.4 Å². The van der Waals surface area contributed by atoms with Gasteiger partial charge in [-0.1, -0.05) is 27.7 Å². The van der Waals surface area contributed by atoms with Crippen molar-refractivity contribution >= 4 is 0 Å². The fraction of sp³-hybridized carbons (Fsp3) is 0.857. The molecule has 0 aromatic carbocycles. The minimum absolute atomic E-state index is 0.495. The molecule has 0 bridgehead atoms. The van der Waals surface area contributed by atoms with E-state index in [9.17, 15) is 0 Å². The molecule has 18 heavy (non-hydrogen) atoms. The van der Waals surface area contributed by atoms with Gasteiger partial charge in [-0.05, 0) is 31.7 Å². The zero-order valence-electron chi connectivity index (χ0n) is 12.6. The van der Waals surface area contributed by atoms with Crippen LogP contribution >= 0.6 is 0 Å². The number of nitrogens with zero attached hydrogens (tertiary/aromatic N) is 3. The summed E-state index contributed by atoms with van der Waals surface area (Å²) in [4.78, 5) is 4.43. The SMILES string of the molecule is CNC(C)C(Cc1ncnn1CC(C)C)C(C)C. The molecule has 0 spiro atoms. The Morgan fingerprint density at radius 2 is 1.89 bits per heavy atom. The highest BCUT2D eigenvalue weighted by Crippen LogP contribution is 2.20. The maximum atomic E-state index is 4.43. The zero-order valence-corrected chi connectivity index (χ0v) is 12.6. The van der Waals surface area contributed by atoms with E-state index < -0.39 is 0 Å². The molecule has 0 aliphatic heterocycles. The summed E-state index contributed by atoms with van der Waals surface area (Å²) in [5, 5.41) is 7.70. The van der Waals surface area contributed by atoms with Gasteiger partial charge in [-0.2, -0.15) is 5.10 Å². The highest BCUT2D eigenvalue weighted by molar-refractivity contribution is 4.91. The van der Waals surface area contributed by atoms with Crippen molar-refractivity contribution in [3.63, 3.8) is 0 Å². The van der Waals surface area contributed by atoms with E-state index >= 15 is 0 Å². The molecule has 0 radical (unpaired) electrons. The molecule has 4 heteroatoms. The molecule has 0 aliphatic carbocycles. The second-order valence-corrected chi connectivity index (χ2v) is 5.94. The lowest BCUT2D eigenvalue weighted by Gasteiger charge is -2.27. The fourth-order valence-corrected chi connectivity index (χ4v) is 2.36. The minimum atomic E-state index is 0.495. The topological polar surface area (TPSA) is 42.7 Å². The normalized spacial score (nSPS) is 15.3. The molecule has 0 aliphatic rings. The van der Waals surface area contributed by atoms with Crippen molar-refractivity contribution in [2.75, 3.05) is 7.05 Å². The molecule has 0 saturated heterocycles. The van der Waals surface area contributed by atoms with Crippen molar-refractivity contribution in [3.8, 4) is 0 Å². The van der Waals surface area contributed by atoms with Crippen LogP contribution in [0.3, 0.4) is 0 Å². The van der Waals surface area contributed by atoms with E-state index in [1.165, 1.54) is 0 Å². The van der Waals surface area contributed by atoms with E-state index in [1.807, 2.05) is 7.05 Å². The quantitative estimate of drug-likeness (QED) is 0.810. The summed E-state index contributed by atoms with van der Waals surface area (Å²) in [5.41, 5.74) is 0. The fourth-order valence-electron chi connectivity index (χ4n) is 2.36. The van der Waals surface area contributed by atoms with Gasteiger partial charge in [0.05, 0.1) is 0 Å². The Morgan fingerprint density at radius 3 is 2.39 bits per heavy atom. The largest absolute Gasteiger partial charge is 0.317 e. The summed E-state index contributed by atoms with van der Waals surface area (Å²) in [6.45, 7) is 12.2. The van der Waals surface area contributed by atoms with Crippen LogP contribution in [-0.2, 0) is 13.0 Å². The van der Waals surface area contributed by atoms with Crippen molar-refractivity contribution in [3.05, 3.63) is 12.2 Å². The van der Waals surface area contributed by atoms with Crippen LogP contribution in [0.15, 0.2) is 6.33 Å². The first kappa shape index (κ1) is 15.2. The summed E-state index contributed by atoms with van der Waals surface area (Å²) >= 11 is 0.